The van der Waals surface area contributed by atoms with E-state index in [4.69, 9.17) is 4.98 Å². The first-order chi connectivity index (χ1) is 18.3. The highest BCUT2D eigenvalue weighted by Gasteiger charge is 2.26. The first-order valence-electron chi connectivity index (χ1n) is 12.5. The lowest BCUT2D eigenvalue weighted by Crippen LogP contribution is -2.13. The molecule has 0 spiro atoms. The summed E-state index contributed by atoms with van der Waals surface area (Å²) in [5.74, 6) is 2.33. The normalized spacial score (nSPS) is 14.4. The molecule has 1 saturated carbocycles. The fourth-order valence-corrected chi connectivity index (χ4v) is 6.30. The van der Waals surface area contributed by atoms with Gasteiger partial charge in [0.2, 0.25) is 0 Å². The highest BCUT2D eigenvalue weighted by atomic mass is 32.2. The van der Waals surface area contributed by atoms with Crippen LogP contribution in [-0.4, -0.2) is 52.9 Å². The van der Waals surface area contributed by atoms with E-state index in [1.54, 1.807) is 23.5 Å². The summed E-state index contributed by atoms with van der Waals surface area (Å²) in [5, 5.41) is 25.4. The Hall–Kier alpha value is -3.24. The number of hydrogen-bond acceptors (Lipinski definition) is 8. The van der Waals surface area contributed by atoms with Crippen molar-refractivity contribution in [3.63, 3.8) is 0 Å². The number of nitrogens with one attached hydrogen (secondary N) is 1. The third-order valence-electron chi connectivity index (χ3n) is 7.12. The number of fused-ring (bicyclic) bond motifs is 1. The highest BCUT2D eigenvalue weighted by molar-refractivity contribution is 7.99. The van der Waals surface area contributed by atoms with Crippen molar-refractivity contribution in [1.29, 1.82) is 0 Å². The van der Waals surface area contributed by atoms with Crippen LogP contribution in [0, 0.1) is 0 Å². The number of H-pyrrole nitrogens is 1. The Morgan fingerprint density at radius 1 is 0.865 bits per heavy atom. The predicted octanol–water partition coefficient (Wildman–Crippen LogP) is 6.21. The molecular weight excluding hydrogens is 500 g/mol. The molecule has 0 atom stereocenters. The van der Waals surface area contributed by atoms with Gasteiger partial charge in [-0.2, -0.15) is 0 Å². The number of nitrogens with zero attached hydrogens (tertiary/aromatic N) is 7. The molecule has 0 bridgehead atoms. The molecule has 0 saturated heterocycles. The topological polar surface area (TPSA) is 98.1 Å². The summed E-state index contributed by atoms with van der Waals surface area (Å²) in [5.41, 5.74) is 6.52. The van der Waals surface area contributed by atoms with Crippen LogP contribution in [0.2, 0.25) is 0 Å². The summed E-state index contributed by atoms with van der Waals surface area (Å²) in [4.78, 5) is 5.22. The molecule has 0 unspecified atom stereocenters. The van der Waals surface area contributed by atoms with Gasteiger partial charge in [0.05, 0.1) is 0 Å². The molecule has 1 aliphatic carbocycles. The standard InChI is InChI=1S/C27H28N8S2/c1-36-26-22-23(27(37-2)32-31-26)35(25(28-22)19-8-4-3-5-9-19)16-17-12-14-18(15-13-17)20-10-6-7-11-21(20)24-29-33-34-30-24/h6-7,10-15,19H,3-5,8-9,16H2,1-2H3,(H,29,30,33,34). The van der Waals surface area contributed by atoms with E-state index in [0.717, 1.165) is 44.3 Å². The van der Waals surface area contributed by atoms with Crippen LogP contribution >= 0.6 is 23.5 Å². The Morgan fingerprint density at radius 2 is 1.59 bits per heavy atom. The van der Waals surface area contributed by atoms with Crippen molar-refractivity contribution in [2.24, 2.45) is 0 Å². The molecule has 2 aromatic carbocycles. The van der Waals surface area contributed by atoms with Gasteiger partial charge >= 0.3 is 0 Å². The van der Waals surface area contributed by atoms with E-state index in [1.807, 2.05) is 24.5 Å². The van der Waals surface area contributed by atoms with E-state index in [-0.39, 0.29) is 0 Å². The number of rotatable bonds is 7. The van der Waals surface area contributed by atoms with Gasteiger partial charge in [0, 0.05) is 18.0 Å². The van der Waals surface area contributed by atoms with Crippen molar-refractivity contribution in [3.8, 4) is 22.5 Å². The number of benzene rings is 2. The van der Waals surface area contributed by atoms with Crippen LogP contribution in [0.4, 0.5) is 0 Å². The van der Waals surface area contributed by atoms with Crippen molar-refractivity contribution >= 4 is 34.6 Å². The second-order valence-electron chi connectivity index (χ2n) is 9.30. The van der Waals surface area contributed by atoms with Gasteiger partial charge in [-0.15, -0.1) is 38.8 Å². The van der Waals surface area contributed by atoms with E-state index in [0.29, 0.717) is 11.7 Å². The SMILES string of the molecule is CSc1nnc(SC)c2c1nc(C1CCCCC1)n2Cc1ccc(-c2ccccc2-c2nnn[nH]2)cc1. The molecule has 6 rings (SSSR count). The van der Waals surface area contributed by atoms with Crippen LogP contribution < -0.4 is 0 Å². The number of thioether (sulfide) groups is 2. The third kappa shape index (κ3) is 4.64. The van der Waals surface area contributed by atoms with E-state index in [2.05, 4.69) is 72.0 Å². The maximum absolute atomic E-state index is 5.22. The fourth-order valence-electron chi connectivity index (χ4n) is 5.32. The molecular formula is C27H28N8S2. The van der Waals surface area contributed by atoms with Crippen LogP contribution in [0.15, 0.2) is 58.6 Å². The Kier molecular flexibility index (Phi) is 6.93. The molecule has 0 radical (unpaired) electrons. The van der Waals surface area contributed by atoms with Gasteiger partial charge in [0.15, 0.2) is 5.82 Å². The monoisotopic (exact) mass is 528 g/mol. The minimum absolute atomic E-state index is 0.479. The molecule has 1 N–H and O–H groups in total. The van der Waals surface area contributed by atoms with Gasteiger partial charge in [-0.05, 0) is 52.5 Å². The van der Waals surface area contributed by atoms with Crippen LogP contribution in [0.1, 0.15) is 49.4 Å². The highest BCUT2D eigenvalue weighted by Crippen LogP contribution is 2.38. The number of tetrazole rings is 1. The average Bonchev–Trinajstić information content (AvgIpc) is 3.63. The van der Waals surface area contributed by atoms with Crippen LogP contribution in [0.3, 0.4) is 0 Å². The van der Waals surface area contributed by atoms with Gasteiger partial charge in [0.1, 0.15) is 26.9 Å². The Morgan fingerprint density at radius 3 is 2.30 bits per heavy atom. The maximum atomic E-state index is 5.22. The van der Waals surface area contributed by atoms with Crippen molar-refractivity contribution in [2.75, 3.05) is 12.5 Å². The molecule has 1 aliphatic rings. The second-order valence-corrected chi connectivity index (χ2v) is 10.9. The first kappa shape index (κ1) is 24.1. The Bertz CT molecular complexity index is 1510. The largest absolute Gasteiger partial charge is 0.321 e. The Labute approximate surface area is 224 Å². The minimum Gasteiger partial charge on any atom is -0.321 e. The quantitative estimate of drug-likeness (QED) is 0.249. The van der Waals surface area contributed by atoms with Gasteiger partial charge in [-0.1, -0.05) is 67.8 Å². The zero-order valence-corrected chi connectivity index (χ0v) is 22.5. The molecule has 0 aliphatic heterocycles. The van der Waals surface area contributed by atoms with Crippen LogP contribution in [-0.2, 0) is 6.54 Å². The van der Waals surface area contributed by atoms with Gasteiger partial charge in [0.25, 0.3) is 0 Å². The first-order valence-corrected chi connectivity index (χ1v) is 15.0. The number of hydrogen-bond donors (Lipinski definition) is 1. The summed E-state index contributed by atoms with van der Waals surface area (Å²) >= 11 is 3.26. The molecule has 0 amide bonds. The van der Waals surface area contributed by atoms with Gasteiger partial charge < -0.3 is 4.57 Å². The molecule has 8 nitrogen and oxygen atoms in total. The molecule has 10 heteroatoms. The lowest BCUT2D eigenvalue weighted by molar-refractivity contribution is 0.420. The van der Waals surface area contributed by atoms with E-state index >= 15 is 0 Å². The van der Waals surface area contributed by atoms with E-state index < -0.39 is 0 Å². The van der Waals surface area contributed by atoms with Gasteiger partial charge in [-0.25, -0.2) is 10.1 Å². The summed E-state index contributed by atoms with van der Waals surface area (Å²) in [6.07, 6.45) is 10.4. The average molecular weight is 529 g/mol. The molecule has 37 heavy (non-hydrogen) atoms. The lowest BCUT2D eigenvalue weighted by Gasteiger charge is -2.22. The summed E-state index contributed by atoms with van der Waals surface area (Å²) in [7, 11) is 0. The summed E-state index contributed by atoms with van der Waals surface area (Å²) < 4.78 is 2.41. The number of imidazole rings is 1. The van der Waals surface area contributed by atoms with Crippen LogP contribution in [0.25, 0.3) is 33.5 Å². The minimum atomic E-state index is 0.479. The molecule has 5 aromatic rings. The van der Waals surface area contributed by atoms with Crippen molar-refractivity contribution in [2.45, 2.75) is 54.6 Å². The zero-order valence-electron chi connectivity index (χ0n) is 20.9. The smallest absolute Gasteiger partial charge is 0.180 e. The third-order valence-corrected chi connectivity index (χ3v) is 8.45. The van der Waals surface area contributed by atoms with Crippen LogP contribution in [0.5, 0.6) is 0 Å². The molecule has 3 aromatic heterocycles. The molecule has 188 valence electrons. The van der Waals surface area contributed by atoms with Crippen molar-refractivity contribution in [3.05, 3.63) is 59.9 Å². The summed E-state index contributed by atoms with van der Waals surface area (Å²) in [6, 6.07) is 17.0. The number of aromatic amines is 1. The zero-order chi connectivity index (χ0) is 25.2. The van der Waals surface area contributed by atoms with Crippen molar-refractivity contribution < 1.29 is 0 Å². The predicted molar refractivity (Wildman–Crippen MR) is 149 cm³/mol. The molecule has 1 fully saturated rings. The van der Waals surface area contributed by atoms with E-state index in [1.165, 1.54) is 43.5 Å². The molecule has 3 heterocycles. The van der Waals surface area contributed by atoms with Gasteiger partial charge in [-0.3, -0.25) is 0 Å². The lowest BCUT2D eigenvalue weighted by atomic mass is 9.88. The summed E-state index contributed by atoms with van der Waals surface area (Å²) in [6.45, 7) is 0.753. The van der Waals surface area contributed by atoms with Crippen molar-refractivity contribution in [1.82, 2.24) is 40.4 Å². The maximum Gasteiger partial charge on any atom is 0.180 e. The number of aromatic nitrogens is 8. The van der Waals surface area contributed by atoms with E-state index in [9.17, 15) is 0 Å². The fraction of sp³-hybridized carbons (Fsp3) is 0.333. The Balaban J connectivity index is 1.40. The second kappa shape index (κ2) is 10.6.